The summed E-state index contributed by atoms with van der Waals surface area (Å²) in [5.74, 6) is 0.979. The molecule has 1 unspecified atom stereocenters. The number of hydrogen-bond donors (Lipinski definition) is 1. The lowest BCUT2D eigenvalue weighted by Gasteiger charge is -2.18. The Balaban J connectivity index is 1.95. The smallest absolute Gasteiger partial charge is 0.152 e. The van der Waals surface area contributed by atoms with Crippen LogP contribution in [0.5, 0.6) is 0 Å². The standard InChI is InChI=1S/C14H17ClN2O/c1-17-7-3-6-16-12(9-17)13-8-10-4-2-5-11(15)14(10)18-13/h2,4-5,8,12,16H,3,6-7,9H2,1H3. The van der Waals surface area contributed by atoms with Crippen LogP contribution in [-0.4, -0.2) is 31.6 Å². The molecule has 0 aliphatic carbocycles. The van der Waals surface area contributed by atoms with E-state index in [0.717, 1.165) is 36.4 Å². The molecule has 1 saturated heterocycles. The molecule has 96 valence electrons. The van der Waals surface area contributed by atoms with E-state index in [-0.39, 0.29) is 6.04 Å². The van der Waals surface area contributed by atoms with Gasteiger partial charge in [-0.3, -0.25) is 0 Å². The molecule has 2 aromatic rings. The molecule has 0 spiro atoms. The Bertz CT molecular complexity index is 552. The maximum atomic E-state index is 6.15. The molecule has 1 aliphatic heterocycles. The number of benzene rings is 1. The predicted octanol–water partition coefficient (Wildman–Crippen LogP) is 3.05. The average molecular weight is 265 g/mol. The van der Waals surface area contributed by atoms with E-state index in [1.807, 2.05) is 18.2 Å². The highest BCUT2D eigenvalue weighted by Crippen LogP contribution is 2.30. The first-order valence-electron chi connectivity index (χ1n) is 6.34. The molecule has 3 nitrogen and oxygen atoms in total. The SMILES string of the molecule is CN1CCCNC(c2cc3cccc(Cl)c3o2)C1. The van der Waals surface area contributed by atoms with E-state index < -0.39 is 0 Å². The first kappa shape index (κ1) is 12.0. The van der Waals surface area contributed by atoms with E-state index in [4.69, 9.17) is 16.0 Å². The zero-order valence-corrected chi connectivity index (χ0v) is 11.2. The summed E-state index contributed by atoms with van der Waals surface area (Å²) in [6.07, 6.45) is 1.17. The molecule has 1 fully saturated rings. The number of likely N-dealkylation sites (N-methyl/N-ethyl adjacent to an activating group) is 1. The fourth-order valence-electron chi connectivity index (χ4n) is 2.50. The van der Waals surface area contributed by atoms with Crippen molar-refractivity contribution in [2.24, 2.45) is 0 Å². The third-order valence-electron chi connectivity index (χ3n) is 3.46. The van der Waals surface area contributed by atoms with Gasteiger partial charge in [0, 0.05) is 11.9 Å². The summed E-state index contributed by atoms with van der Waals surface area (Å²) < 4.78 is 5.92. The van der Waals surface area contributed by atoms with Crippen LogP contribution in [0, 0.1) is 0 Å². The average Bonchev–Trinajstić information content (AvgIpc) is 2.67. The number of furan rings is 1. The number of nitrogens with zero attached hydrogens (tertiary/aromatic N) is 1. The van der Waals surface area contributed by atoms with E-state index in [9.17, 15) is 0 Å². The quantitative estimate of drug-likeness (QED) is 0.858. The second-order valence-corrected chi connectivity index (χ2v) is 5.34. The highest BCUT2D eigenvalue weighted by molar-refractivity contribution is 6.34. The lowest BCUT2D eigenvalue weighted by atomic mass is 10.2. The molecule has 2 heterocycles. The van der Waals surface area contributed by atoms with Crippen LogP contribution in [0.2, 0.25) is 5.02 Å². The Kier molecular flexibility index (Phi) is 3.29. The van der Waals surface area contributed by atoms with E-state index >= 15 is 0 Å². The van der Waals surface area contributed by atoms with Crippen molar-refractivity contribution in [3.05, 3.63) is 35.0 Å². The van der Waals surface area contributed by atoms with Crippen molar-refractivity contribution in [2.45, 2.75) is 12.5 Å². The van der Waals surface area contributed by atoms with Gasteiger partial charge >= 0.3 is 0 Å². The summed E-state index contributed by atoms with van der Waals surface area (Å²) in [4.78, 5) is 2.33. The van der Waals surface area contributed by atoms with Crippen LogP contribution >= 0.6 is 11.6 Å². The van der Waals surface area contributed by atoms with Crippen molar-refractivity contribution in [3.8, 4) is 0 Å². The number of halogens is 1. The lowest BCUT2D eigenvalue weighted by molar-refractivity contribution is 0.308. The highest BCUT2D eigenvalue weighted by Gasteiger charge is 2.20. The van der Waals surface area contributed by atoms with E-state index in [1.165, 1.54) is 6.42 Å². The first-order chi connectivity index (χ1) is 8.74. The second-order valence-electron chi connectivity index (χ2n) is 4.93. The van der Waals surface area contributed by atoms with E-state index in [0.29, 0.717) is 5.02 Å². The third-order valence-corrected chi connectivity index (χ3v) is 3.76. The van der Waals surface area contributed by atoms with Gasteiger partial charge in [-0.15, -0.1) is 0 Å². The number of fused-ring (bicyclic) bond motifs is 1. The summed E-state index contributed by atoms with van der Waals surface area (Å²) in [6.45, 7) is 3.13. The predicted molar refractivity (Wildman–Crippen MR) is 74.1 cm³/mol. The van der Waals surface area contributed by atoms with Gasteiger partial charge in [0.05, 0.1) is 11.1 Å². The van der Waals surface area contributed by atoms with E-state index in [2.05, 4.69) is 23.3 Å². The molecule has 4 heteroatoms. The fraction of sp³-hybridized carbons (Fsp3) is 0.429. The summed E-state index contributed by atoms with van der Waals surface area (Å²) >= 11 is 6.15. The van der Waals surface area contributed by atoms with Gasteiger partial charge in [0.1, 0.15) is 5.76 Å². The van der Waals surface area contributed by atoms with Crippen LogP contribution < -0.4 is 5.32 Å². The molecular weight excluding hydrogens is 248 g/mol. The van der Waals surface area contributed by atoms with Crippen molar-refractivity contribution >= 4 is 22.6 Å². The maximum absolute atomic E-state index is 6.15. The van der Waals surface area contributed by atoms with Gasteiger partial charge in [0.15, 0.2) is 5.58 Å². The van der Waals surface area contributed by atoms with Crippen molar-refractivity contribution in [1.29, 1.82) is 0 Å². The molecule has 0 amide bonds. The molecule has 0 bridgehead atoms. The van der Waals surface area contributed by atoms with Crippen LogP contribution in [0.15, 0.2) is 28.7 Å². The molecule has 1 aromatic heterocycles. The zero-order valence-electron chi connectivity index (χ0n) is 10.4. The van der Waals surface area contributed by atoms with Gasteiger partial charge in [0.2, 0.25) is 0 Å². The minimum Gasteiger partial charge on any atom is -0.458 e. The minimum absolute atomic E-state index is 0.251. The van der Waals surface area contributed by atoms with Crippen LogP contribution in [0.1, 0.15) is 18.2 Å². The number of hydrogen-bond acceptors (Lipinski definition) is 3. The van der Waals surface area contributed by atoms with Crippen molar-refractivity contribution in [1.82, 2.24) is 10.2 Å². The van der Waals surface area contributed by atoms with Gasteiger partial charge in [-0.2, -0.15) is 0 Å². The van der Waals surface area contributed by atoms with Gasteiger partial charge in [-0.05, 0) is 38.7 Å². The molecule has 0 saturated carbocycles. The Morgan fingerprint density at radius 3 is 3.17 bits per heavy atom. The van der Waals surface area contributed by atoms with Crippen LogP contribution in [0.25, 0.3) is 11.0 Å². The van der Waals surface area contributed by atoms with E-state index in [1.54, 1.807) is 0 Å². The largest absolute Gasteiger partial charge is 0.458 e. The maximum Gasteiger partial charge on any atom is 0.152 e. The molecule has 1 N–H and O–H groups in total. The van der Waals surface area contributed by atoms with Crippen molar-refractivity contribution in [3.63, 3.8) is 0 Å². The Morgan fingerprint density at radius 2 is 2.33 bits per heavy atom. The molecule has 3 rings (SSSR count). The molecule has 18 heavy (non-hydrogen) atoms. The van der Waals surface area contributed by atoms with Crippen molar-refractivity contribution < 1.29 is 4.42 Å². The molecule has 1 atom stereocenters. The molecule has 1 aromatic carbocycles. The Labute approximate surface area is 112 Å². The summed E-state index contributed by atoms with van der Waals surface area (Å²) in [7, 11) is 2.15. The molecule has 1 aliphatic rings. The molecule has 0 radical (unpaired) electrons. The second kappa shape index (κ2) is 4.92. The minimum atomic E-state index is 0.251. The van der Waals surface area contributed by atoms with Crippen LogP contribution in [0.4, 0.5) is 0 Å². The first-order valence-corrected chi connectivity index (χ1v) is 6.72. The van der Waals surface area contributed by atoms with Crippen LogP contribution in [-0.2, 0) is 0 Å². The number of para-hydroxylation sites is 1. The Hall–Kier alpha value is -1.03. The zero-order chi connectivity index (χ0) is 12.5. The topological polar surface area (TPSA) is 28.4 Å². The highest BCUT2D eigenvalue weighted by atomic mass is 35.5. The molecular formula is C14H17ClN2O. The van der Waals surface area contributed by atoms with Gasteiger partial charge < -0.3 is 14.6 Å². The van der Waals surface area contributed by atoms with Gasteiger partial charge in [-0.1, -0.05) is 23.7 Å². The van der Waals surface area contributed by atoms with Crippen LogP contribution in [0.3, 0.4) is 0 Å². The summed E-state index contributed by atoms with van der Waals surface area (Å²) in [5.41, 5.74) is 0.794. The number of nitrogens with one attached hydrogen (secondary N) is 1. The van der Waals surface area contributed by atoms with Gasteiger partial charge in [0.25, 0.3) is 0 Å². The lowest BCUT2D eigenvalue weighted by Crippen LogP contribution is -2.28. The third kappa shape index (κ3) is 2.26. The monoisotopic (exact) mass is 264 g/mol. The normalized spacial score (nSPS) is 22.2. The Morgan fingerprint density at radius 1 is 1.44 bits per heavy atom. The van der Waals surface area contributed by atoms with Gasteiger partial charge in [-0.25, -0.2) is 0 Å². The van der Waals surface area contributed by atoms with Crippen molar-refractivity contribution in [2.75, 3.05) is 26.7 Å². The summed E-state index contributed by atoms with van der Waals surface area (Å²) in [5, 5.41) is 5.29. The summed E-state index contributed by atoms with van der Waals surface area (Å²) in [6, 6.07) is 8.20. The number of rotatable bonds is 1. The fourth-order valence-corrected chi connectivity index (χ4v) is 2.72.